The third-order valence-corrected chi connectivity index (χ3v) is 3.79. The van der Waals surface area contributed by atoms with Crippen molar-refractivity contribution in [1.29, 1.82) is 0 Å². The van der Waals surface area contributed by atoms with Gasteiger partial charge in [-0.2, -0.15) is 0 Å². The lowest BCUT2D eigenvalue weighted by atomic mass is 10.1. The average Bonchev–Trinajstić information content (AvgIpc) is 2.62. The van der Waals surface area contributed by atoms with Crippen LogP contribution >= 0.6 is 0 Å². The molecule has 0 aliphatic heterocycles. The number of anilines is 1. The Hall–Kier alpha value is -3.28. The monoisotopic (exact) mass is 336 g/mol. The van der Waals surface area contributed by atoms with E-state index in [-0.39, 0.29) is 29.2 Å². The molecule has 3 N–H and O–H groups in total. The van der Waals surface area contributed by atoms with Gasteiger partial charge in [-0.15, -0.1) is 0 Å². The number of aromatic nitrogens is 2. The van der Waals surface area contributed by atoms with E-state index in [1.165, 1.54) is 18.3 Å². The van der Waals surface area contributed by atoms with Gasteiger partial charge in [-0.1, -0.05) is 42.5 Å². The summed E-state index contributed by atoms with van der Waals surface area (Å²) in [6.07, 6.45) is 1.36. The number of nitrogens with two attached hydrogens (primary N) is 1. The predicted molar refractivity (Wildman–Crippen MR) is 94.2 cm³/mol. The normalized spacial score (nSPS) is 11.8. The number of nitrogen functional groups attached to an aromatic ring is 1. The maximum Gasteiger partial charge on any atom is 0.257 e. The zero-order chi connectivity index (χ0) is 17.8. The van der Waals surface area contributed by atoms with E-state index in [1.54, 1.807) is 12.1 Å². The molecule has 1 amide bonds. The summed E-state index contributed by atoms with van der Waals surface area (Å²) in [7, 11) is 0. The molecule has 0 saturated heterocycles. The van der Waals surface area contributed by atoms with E-state index in [1.807, 2.05) is 37.3 Å². The SMILES string of the molecule is CC(NC(=O)c1cnc(-c2cccc(F)c2)nc1N)c1ccccc1. The maximum atomic E-state index is 13.3. The minimum absolute atomic E-state index is 0.0482. The van der Waals surface area contributed by atoms with Crippen LogP contribution in [0.25, 0.3) is 11.4 Å². The van der Waals surface area contributed by atoms with Crippen molar-refractivity contribution in [3.63, 3.8) is 0 Å². The highest BCUT2D eigenvalue weighted by molar-refractivity contribution is 5.98. The lowest BCUT2D eigenvalue weighted by Crippen LogP contribution is -2.27. The first-order valence-electron chi connectivity index (χ1n) is 7.79. The van der Waals surface area contributed by atoms with Crippen LogP contribution in [0.5, 0.6) is 0 Å². The van der Waals surface area contributed by atoms with E-state index < -0.39 is 5.82 Å². The Labute approximate surface area is 144 Å². The number of rotatable bonds is 4. The zero-order valence-electron chi connectivity index (χ0n) is 13.6. The minimum Gasteiger partial charge on any atom is -0.383 e. The van der Waals surface area contributed by atoms with E-state index in [9.17, 15) is 9.18 Å². The molecule has 1 aromatic heterocycles. The highest BCUT2D eigenvalue weighted by Crippen LogP contribution is 2.19. The Kier molecular flexibility index (Phi) is 4.70. The third kappa shape index (κ3) is 3.80. The highest BCUT2D eigenvalue weighted by atomic mass is 19.1. The zero-order valence-corrected chi connectivity index (χ0v) is 13.6. The second-order valence-corrected chi connectivity index (χ2v) is 5.61. The molecule has 0 fully saturated rings. The lowest BCUT2D eigenvalue weighted by molar-refractivity contribution is 0.0940. The van der Waals surface area contributed by atoms with Crippen molar-refractivity contribution in [2.45, 2.75) is 13.0 Å². The van der Waals surface area contributed by atoms with Crippen LogP contribution in [-0.4, -0.2) is 15.9 Å². The Morgan fingerprint density at radius 3 is 2.60 bits per heavy atom. The van der Waals surface area contributed by atoms with Crippen molar-refractivity contribution in [2.24, 2.45) is 0 Å². The summed E-state index contributed by atoms with van der Waals surface area (Å²) >= 11 is 0. The van der Waals surface area contributed by atoms with E-state index in [2.05, 4.69) is 15.3 Å². The van der Waals surface area contributed by atoms with Crippen LogP contribution in [0.3, 0.4) is 0 Å². The van der Waals surface area contributed by atoms with Crippen molar-refractivity contribution < 1.29 is 9.18 Å². The van der Waals surface area contributed by atoms with Gasteiger partial charge in [0.2, 0.25) is 0 Å². The fourth-order valence-electron chi connectivity index (χ4n) is 2.44. The van der Waals surface area contributed by atoms with Crippen molar-refractivity contribution in [2.75, 3.05) is 5.73 Å². The molecule has 6 heteroatoms. The van der Waals surface area contributed by atoms with Gasteiger partial charge in [0.1, 0.15) is 11.6 Å². The van der Waals surface area contributed by atoms with E-state index in [4.69, 9.17) is 5.73 Å². The molecule has 0 aliphatic rings. The predicted octanol–water partition coefficient (Wildman–Crippen LogP) is 3.36. The molecule has 5 nitrogen and oxygen atoms in total. The van der Waals surface area contributed by atoms with Crippen LogP contribution < -0.4 is 11.1 Å². The largest absolute Gasteiger partial charge is 0.383 e. The second kappa shape index (κ2) is 7.09. The molecule has 0 spiro atoms. The summed E-state index contributed by atoms with van der Waals surface area (Å²) in [6, 6.07) is 15.3. The second-order valence-electron chi connectivity index (χ2n) is 5.61. The molecule has 3 rings (SSSR count). The van der Waals surface area contributed by atoms with Gasteiger partial charge in [-0.25, -0.2) is 14.4 Å². The van der Waals surface area contributed by atoms with Gasteiger partial charge >= 0.3 is 0 Å². The van der Waals surface area contributed by atoms with Gasteiger partial charge in [0.15, 0.2) is 5.82 Å². The molecular formula is C19H17FN4O. The van der Waals surface area contributed by atoms with Gasteiger partial charge in [0.05, 0.1) is 11.6 Å². The number of carbonyl (C=O) groups is 1. The lowest BCUT2D eigenvalue weighted by Gasteiger charge is -2.15. The standard InChI is InChI=1S/C19H17FN4O/c1-12(13-6-3-2-4-7-13)23-19(25)16-11-22-18(24-17(16)21)14-8-5-9-15(20)10-14/h2-12H,1H3,(H,23,25)(H2,21,22,24). The van der Waals surface area contributed by atoms with Crippen LogP contribution in [0.1, 0.15) is 28.9 Å². The van der Waals surface area contributed by atoms with Crippen LogP contribution in [0.2, 0.25) is 0 Å². The van der Waals surface area contributed by atoms with Crippen molar-refractivity contribution in [3.05, 3.63) is 77.7 Å². The maximum absolute atomic E-state index is 13.3. The Morgan fingerprint density at radius 2 is 1.92 bits per heavy atom. The van der Waals surface area contributed by atoms with Crippen LogP contribution in [0, 0.1) is 5.82 Å². The molecule has 2 aromatic carbocycles. The van der Waals surface area contributed by atoms with Crippen molar-refractivity contribution in [3.8, 4) is 11.4 Å². The van der Waals surface area contributed by atoms with Crippen LogP contribution in [-0.2, 0) is 0 Å². The number of hydrogen-bond acceptors (Lipinski definition) is 4. The highest BCUT2D eigenvalue weighted by Gasteiger charge is 2.16. The van der Waals surface area contributed by atoms with E-state index in [0.717, 1.165) is 5.56 Å². The Morgan fingerprint density at radius 1 is 1.16 bits per heavy atom. The summed E-state index contributed by atoms with van der Waals surface area (Å²) < 4.78 is 13.3. The molecule has 25 heavy (non-hydrogen) atoms. The Bertz CT molecular complexity index is 899. The number of halogens is 1. The molecule has 126 valence electrons. The quantitative estimate of drug-likeness (QED) is 0.765. The molecule has 3 aromatic rings. The smallest absolute Gasteiger partial charge is 0.257 e. The summed E-state index contributed by atoms with van der Waals surface area (Å²) in [4.78, 5) is 20.7. The Balaban J connectivity index is 1.80. The molecule has 0 bridgehead atoms. The molecule has 0 aliphatic carbocycles. The molecular weight excluding hydrogens is 319 g/mol. The number of hydrogen-bond donors (Lipinski definition) is 2. The molecule has 0 saturated carbocycles. The fourth-order valence-corrected chi connectivity index (χ4v) is 2.44. The summed E-state index contributed by atoms with van der Waals surface area (Å²) in [5.41, 5.74) is 7.56. The van der Waals surface area contributed by atoms with Gasteiger partial charge in [0.25, 0.3) is 5.91 Å². The fraction of sp³-hybridized carbons (Fsp3) is 0.105. The first-order chi connectivity index (χ1) is 12.0. The first-order valence-corrected chi connectivity index (χ1v) is 7.79. The van der Waals surface area contributed by atoms with Gasteiger partial charge in [-0.3, -0.25) is 4.79 Å². The number of carbonyl (C=O) groups excluding carboxylic acids is 1. The minimum atomic E-state index is -0.391. The number of nitrogens with one attached hydrogen (secondary N) is 1. The van der Waals surface area contributed by atoms with E-state index in [0.29, 0.717) is 5.56 Å². The number of benzene rings is 2. The molecule has 1 atom stereocenters. The summed E-state index contributed by atoms with van der Waals surface area (Å²) in [5, 5.41) is 2.86. The van der Waals surface area contributed by atoms with E-state index >= 15 is 0 Å². The first kappa shape index (κ1) is 16.6. The van der Waals surface area contributed by atoms with Crippen molar-refractivity contribution >= 4 is 11.7 Å². The number of nitrogens with zero attached hydrogens (tertiary/aromatic N) is 2. The van der Waals surface area contributed by atoms with Crippen molar-refractivity contribution in [1.82, 2.24) is 15.3 Å². The van der Waals surface area contributed by atoms with Crippen LogP contribution in [0.15, 0.2) is 60.8 Å². The molecule has 0 radical (unpaired) electrons. The van der Waals surface area contributed by atoms with Gasteiger partial charge < -0.3 is 11.1 Å². The number of amides is 1. The topological polar surface area (TPSA) is 80.9 Å². The molecule has 1 unspecified atom stereocenters. The molecule has 1 heterocycles. The summed E-state index contributed by atoms with van der Waals surface area (Å²) in [5.74, 6) is -0.436. The average molecular weight is 336 g/mol. The van der Waals surface area contributed by atoms with Gasteiger partial charge in [0, 0.05) is 11.8 Å². The van der Waals surface area contributed by atoms with Gasteiger partial charge in [-0.05, 0) is 24.6 Å². The summed E-state index contributed by atoms with van der Waals surface area (Å²) in [6.45, 7) is 1.88. The van der Waals surface area contributed by atoms with Crippen LogP contribution in [0.4, 0.5) is 10.2 Å². The third-order valence-electron chi connectivity index (χ3n) is 3.79.